The van der Waals surface area contributed by atoms with Crippen LogP contribution in [0.2, 0.25) is 0 Å². The third-order valence-electron chi connectivity index (χ3n) is 4.36. The van der Waals surface area contributed by atoms with Crippen LogP contribution >= 0.6 is 0 Å². The molecule has 0 aromatic carbocycles. The summed E-state index contributed by atoms with van der Waals surface area (Å²) >= 11 is 0. The van der Waals surface area contributed by atoms with Crippen LogP contribution in [0.25, 0.3) is 0 Å². The van der Waals surface area contributed by atoms with E-state index in [2.05, 4.69) is 36.2 Å². The molecule has 1 rings (SSSR count). The quantitative estimate of drug-likeness (QED) is 0.815. The maximum atomic E-state index is 12.4. The first kappa shape index (κ1) is 17.6. The molecule has 0 aromatic rings. The van der Waals surface area contributed by atoms with Crippen molar-refractivity contribution in [3.8, 4) is 0 Å². The fourth-order valence-corrected chi connectivity index (χ4v) is 1.94. The molecule has 0 aromatic heterocycles. The molecule has 0 saturated carbocycles. The van der Waals surface area contributed by atoms with Gasteiger partial charge in [-0.2, -0.15) is 0 Å². The first-order chi connectivity index (χ1) is 9.71. The number of Topliss-reactive ketones (excluding diaryl/α,β-unsaturated/α-hetero) is 1. The summed E-state index contributed by atoms with van der Waals surface area (Å²) in [5, 5.41) is 3.07. The Balaban J connectivity index is 2.89. The molecular weight excluding hydrogens is 260 g/mol. The molecular formula is C18H28N2O. The number of carbonyl (C=O) groups excluding carboxylic acids is 1. The van der Waals surface area contributed by atoms with Crippen LogP contribution in [0.15, 0.2) is 48.1 Å². The molecule has 3 nitrogen and oxygen atoms in total. The van der Waals surface area contributed by atoms with Crippen molar-refractivity contribution >= 4 is 5.78 Å². The maximum absolute atomic E-state index is 12.4. The Hall–Kier alpha value is -1.45. The van der Waals surface area contributed by atoms with Gasteiger partial charge < -0.3 is 5.32 Å². The van der Waals surface area contributed by atoms with Crippen molar-refractivity contribution in [1.29, 1.82) is 0 Å². The fraction of sp³-hybridized carbons (Fsp3) is 0.500. The Labute approximate surface area is 129 Å². The number of allylic oxidation sites excluding steroid dienone is 6. The minimum atomic E-state index is -0.502. The highest BCUT2D eigenvalue weighted by molar-refractivity contribution is 5.89. The average Bonchev–Trinajstić information content (AvgIpc) is 2.37. The molecule has 0 heterocycles. The van der Waals surface area contributed by atoms with Crippen LogP contribution in [-0.4, -0.2) is 42.4 Å². The maximum Gasteiger partial charge on any atom is 0.166 e. The highest BCUT2D eigenvalue weighted by Crippen LogP contribution is 2.25. The van der Waals surface area contributed by atoms with Gasteiger partial charge in [-0.3, -0.25) is 9.69 Å². The Morgan fingerprint density at radius 2 is 1.67 bits per heavy atom. The van der Waals surface area contributed by atoms with Crippen LogP contribution < -0.4 is 5.32 Å². The second-order valence-corrected chi connectivity index (χ2v) is 6.46. The molecule has 1 aliphatic rings. The molecule has 0 aliphatic heterocycles. The van der Waals surface area contributed by atoms with Crippen molar-refractivity contribution in [3.63, 3.8) is 0 Å². The van der Waals surface area contributed by atoms with Gasteiger partial charge in [0.15, 0.2) is 5.78 Å². The van der Waals surface area contributed by atoms with E-state index < -0.39 is 5.54 Å². The van der Waals surface area contributed by atoms with Crippen LogP contribution in [0, 0.1) is 0 Å². The van der Waals surface area contributed by atoms with Crippen molar-refractivity contribution in [1.82, 2.24) is 10.2 Å². The molecule has 0 fully saturated rings. The number of rotatable bonds is 6. The van der Waals surface area contributed by atoms with Gasteiger partial charge in [0.1, 0.15) is 0 Å². The topological polar surface area (TPSA) is 32.3 Å². The molecule has 0 unspecified atom stereocenters. The largest absolute Gasteiger partial charge is 0.308 e. The zero-order valence-corrected chi connectivity index (χ0v) is 14.1. The summed E-state index contributed by atoms with van der Waals surface area (Å²) in [6.07, 6.45) is 14.3. The van der Waals surface area contributed by atoms with Gasteiger partial charge in [0.05, 0.1) is 12.1 Å². The number of nitrogens with zero attached hydrogens (tertiary/aromatic N) is 1. The average molecular weight is 288 g/mol. The molecule has 0 radical (unpaired) electrons. The van der Waals surface area contributed by atoms with E-state index in [4.69, 9.17) is 0 Å². The molecule has 1 aliphatic carbocycles. The molecule has 1 N–H and O–H groups in total. The van der Waals surface area contributed by atoms with Gasteiger partial charge in [0.2, 0.25) is 0 Å². The van der Waals surface area contributed by atoms with Crippen LogP contribution in [0.1, 0.15) is 27.7 Å². The summed E-state index contributed by atoms with van der Waals surface area (Å²) in [6, 6.07) is 0. The van der Waals surface area contributed by atoms with Crippen LogP contribution in [0.4, 0.5) is 0 Å². The van der Waals surface area contributed by atoms with Crippen molar-refractivity contribution in [3.05, 3.63) is 48.1 Å². The van der Waals surface area contributed by atoms with Gasteiger partial charge in [-0.25, -0.2) is 0 Å². The van der Waals surface area contributed by atoms with E-state index in [0.29, 0.717) is 6.54 Å². The monoisotopic (exact) mass is 288 g/mol. The minimum absolute atomic E-state index is 0.187. The van der Waals surface area contributed by atoms with Gasteiger partial charge in [-0.15, -0.1) is 0 Å². The molecule has 0 saturated heterocycles. The van der Waals surface area contributed by atoms with Crippen molar-refractivity contribution in [2.24, 2.45) is 0 Å². The fourth-order valence-electron chi connectivity index (χ4n) is 1.94. The molecule has 0 spiro atoms. The van der Waals surface area contributed by atoms with E-state index in [9.17, 15) is 4.79 Å². The van der Waals surface area contributed by atoms with E-state index in [-0.39, 0.29) is 11.3 Å². The lowest BCUT2D eigenvalue weighted by Crippen LogP contribution is -2.53. The van der Waals surface area contributed by atoms with Crippen LogP contribution in [-0.2, 0) is 4.79 Å². The van der Waals surface area contributed by atoms with Crippen molar-refractivity contribution in [2.45, 2.75) is 38.8 Å². The number of ketones is 1. The minimum Gasteiger partial charge on any atom is -0.308 e. The molecule has 0 bridgehead atoms. The summed E-state index contributed by atoms with van der Waals surface area (Å²) in [7, 11) is 3.82. The van der Waals surface area contributed by atoms with Gasteiger partial charge in [-0.05, 0) is 47.4 Å². The summed E-state index contributed by atoms with van der Waals surface area (Å²) < 4.78 is 0. The second-order valence-electron chi connectivity index (χ2n) is 6.46. The third-order valence-corrected chi connectivity index (χ3v) is 4.36. The molecule has 0 amide bonds. The Bertz CT molecular complexity index is 493. The summed E-state index contributed by atoms with van der Waals surface area (Å²) in [4.78, 5) is 14.5. The summed E-state index contributed by atoms with van der Waals surface area (Å²) in [5.41, 5.74) is 0.463. The standard InChI is InChI=1S/C18H28N2O/c1-17(2,19-5)16(21)14-20(6)18(3,4)15-12-10-8-7-9-11-13-15/h7-13,19H,14H2,1-6H3/b8-7-,9-7?,10-8?,11-9-,12-10-,13-11?,15-12?,15-13+. The highest BCUT2D eigenvalue weighted by atomic mass is 16.1. The lowest BCUT2D eigenvalue weighted by Gasteiger charge is -2.38. The number of hydrogen-bond acceptors (Lipinski definition) is 3. The van der Waals surface area contributed by atoms with Crippen LogP contribution in [0.3, 0.4) is 0 Å². The van der Waals surface area contributed by atoms with Gasteiger partial charge >= 0.3 is 0 Å². The Morgan fingerprint density at radius 3 is 2.29 bits per heavy atom. The van der Waals surface area contributed by atoms with E-state index in [1.54, 1.807) is 0 Å². The highest BCUT2D eigenvalue weighted by Gasteiger charge is 2.32. The van der Waals surface area contributed by atoms with Crippen molar-refractivity contribution in [2.75, 3.05) is 20.6 Å². The second kappa shape index (κ2) is 7.01. The van der Waals surface area contributed by atoms with E-state index in [0.717, 1.165) is 0 Å². The smallest absolute Gasteiger partial charge is 0.166 e. The van der Waals surface area contributed by atoms with E-state index in [1.165, 1.54) is 5.57 Å². The number of nitrogens with one attached hydrogen (secondary N) is 1. The van der Waals surface area contributed by atoms with Gasteiger partial charge in [0.25, 0.3) is 0 Å². The number of hydrogen-bond donors (Lipinski definition) is 1. The lowest BCUT2D eigenvalue weighted by atomic mass is 9.89. The summed E-state index contributed by atoms with van der Waals surface area (Å²) in [5.74, 6) is 0.187. The molecule has 0 atom stereocenters. The zero-order chi connectivity index (χ0) is 16.1. The Kier molecular flexibility index (Phi) is 5.87. The predicted molar refractivity (Wildman–Crippen MR) is 90.4 cm³/mol. The van der Waals surface area contributed by atoms with Crippen LogP contribution in [0.5, 0.6) is 0 Å². The normalized spacial score (nSPS) is 22.9. The van der Waals surface area contributed by atoms with E-state index >= 15 is 0 Å². The van der Waals surface area contributed by atoms with E-state index in [1.807, 2.05) is 58.3 Å². The SMILES string of the molecule is CNC(C)(C)C(=O)CN(C)C(C)(C)C1=C/C=C\C=C/C=C\1. The van der Waals surface area contributed by atoms with Gasteiger partial charge in [-0.1, -0.05) is 42.5 Å². The third kappa shape index (κ3) is 4.51. The first-order valence-electron chi connectivity index (χ1n) is 7.37. The van der Waals surface area contributed by atoms with Gasteiger partial charge in [0, 0.05) is 5.54 Å². The molecule has 3 heteroatoms. The number of likely N-dealkylation sites (N-methyl/N-ethyl adjacent to an activating group) is 2. The Morgan fingerprint density at radius 1 is 1.10 bits per heavy atom. The molecule has 21 heavy (non-hydrogen) atoms. The zero-order valence-electron chi connectivity index (χ0n) is 14.1. The molecule has 116 valence electrons. The first-order valence-corrected chi connectivity index (χ1v) is 7.37. The number of carbonyl (C=O) groups is 1. The predicted octanol–water partition coefficient (Wildman–Crippen LogP) is 2.87. The van der Waals surface area contributed by atoms with Crippen molar-refractivity contribution < 1.29 is 4.79 Å². The lowest BCUT2D eigenvalue weighted by molar-refractivity contribution is -0.125. The summed E-state index contributed by atoms with van der Waals surface area (Å²) in [6.45, 7) is 8.52.